The van der Waals surface area contributed by atoms with Crippen LogP contribution in [0.15, 0.2) is 71.8 Å². The molecular weight excluding hydrogens is 526 g/mol. The molecule has 0 N–H and O–H groups in total. The van der Waals surface area contributed by atoms with Gasteiger partial charge in [-0.25, -0.2) is 8.42 Å². The maximum atomic E-state index is 13.5. The lowest BCUT2D eigenvalue weighted by Gasteiger charge is -2.30. The third-order valence-corrected chi connectivity index (χ3v) is 10.0. The van der Waals surface area contributed by atoms with Gasteiger partial charge in [-0.2, -0.15) is 4.31 Å². The molecule has 1 aromatic heterocycles. The van der Waals surface area contributed by atoms with Crippen molar-refractivity contribution in [2.75, 3.05) is 38.3 Å². The van der Waals surface area contributed by atoms with Crippen LogP contribution in [0.25, 0.3) is 21.7 Å². The van der Waals surface area contributed by atoms with E-state index < -0.39 is 10.0 Å². The number of rotatable bonds is 9. The Morgan fingerprint density at radius 1 is 1.02 bits per heavy atom. The van der Waals surface area contributed by atoms with Crippen LogP contribution >= 0.6 is 0 Å². The number of fused-ring (bicyclic) bond motifs is 1. The van der Waals surface area contributed by atoms with E-state index in [1.54, 1.807) is 36.4 Å². The molecule has 4 aromatic rings. The summed E-state index contributed by atoms with van der Waals surface area (Å²) in [6.07, 6.45) is 3.54. The summed E-state index contributed by atoms with van der Waals surface area (Å²) in [4.78, 5) is 32.8. The lowest BCUT2D eigenvalue weighted by molar-refractivity contribution is -0.123. The molecule has 0 radical (unpaired) electrons. The van der Waals surface area contributed by atoms with E-state index >= 15 is 0 Å². The molecule has 0 bridgehead atoms. The van der Waals surface area contributed by atoms with Crippen LogP contribution in [0.4, 0.5) is 5.69 Å². The molecule has 0 spiro atoms. The van der Waals surface area contributed by atoms with E-state index in [2.05, 4.69) is 4.98 Å². The molecule has 8 nitrogen and oxygen atoms in total. The molecule has 1 saturated heterocycles. The number of para-hydroxylation sites is 1. The van der Waals surface area contributed by atoms with Gasteiger partial charge in [0, 0.05) is 68.2 Å². The molecule has 2 aliphatic heterocycles. The smallest absolute Gasteiger partial charge is 0.258 e. The highest BCUT2D eigenvalue weighted by Gasteiger charge is 2.34. The van der Waals surface area contributed by atoms with E-state index in [4.69, 9.17) is 4.74 Å². The van der Waals surface area contributed by atoms with Crippen LogP contribution < -0.4 is 4.90 Å². The van der Waals surface area contributed by atoms with Gasteiger partial charge < -0.3 is 9.64 Å². The number of sulfonamides is 1. The van der Waals surface area contributed by atoms with Crippen molar-refractivity contribution in [3.05, 3.63) is 78.0 Å². The second-order valence-corrected chi connectivity index (χ2v) is 12.3. The van der Waals surface area contributed by atoms with Crippen LogP contribution in [0.2, 0.25) is 0 Å². The molecule has 3 heterocycles. The molecule has 1 fully saturated rings. The largest absolute Gasteiger partial charge is 0.385 e. The Morgan fingerprint density at radius 3 is 2.60 bits per heavy atom. The van der Waals surface area contributed by atoms with E-state index in [0.717, 1.165) is 33.8 Å². The summed E-state index contributed by atoms with van der Waals surface area (Å²) in [6, 6.07) is 18.4. The van der Waals surface area contributed by atoms with Crippen LogP contribution in [0.5, 0.6) is 0 Å². The predicted molar refractivity (Wildman–Crippen MR) is 154 cm³/mol. The van der Waals surface area contributed by atoms with Gasteiger partial charge in [0.05, 0.1) is 11.2 Å². The van der Waals surface area contributed by atoms with Gasteiger partial charge >= 0.3 is 0 Å². The number of nitrogens with zero attached hydrogens (tertiary/aromatic N) is 3. The van der Waals surface area contributed by atoms with E-state index in [1.807, 2.05) is 42.5 Å². The molecular formula is C31H31N3O5S. The Kier molecular flexibility index (Phi) is 7.12. The minimum absolute atomic E-state index is 0.0184. The number of amides is 1. The molecule has 6 rings (SSSR count). The zero-order valence-corrected chi connectivity index (χ0v) is 23.2. The van der Waals surface area contributed by atoms with Crippen LogP contribution in [-0.2, 0) is 26.0 Å². The van der Waals surface area contributed by atoms with Gasteiger partial charge in [0.1, 0.15) is 10.7 Å². The first-order chi connectivity index (χ1) is 19.4. The van der Waals surface area contributed by atoms with Crippen molar-refractivity contribution >= 4 is 49.1 Å². The molecule has 3 aromatic carbocycles. The SMILES string of the molecule is COCCCN1C(=O)c2cccc3c(CC(=O)C4CCN(S(=O)(=O)c5cccc6cccnc56)CC4)ccc1c23. The molecule has 0 atom stereocenters. The first kappa shape index (κ1) is 26.6. The first-order valence-corrected chi connectivity index (χ1v) is 15.1. The van der Waals surface area contributed by atoms with Crippen LogP contribution in [0.3, 0.4) is 0 Å². The van der Waals surface area contributed by atoms with Crippen molar-refractivity contribution in [3.8, 4) is 0 Å². The third-order valence-electron chi connectivity index (χ3n) is 8.09. The molecule has 1 amide bonds. The number of carbonyl (C=O) groups is 2. The van der Waals surface area contributed by atoms with Gasteiger partial charge in [0.15, 0.2) is 0 Å². The fraction of sp³-hybridized carbons (Fsp3) is 0.323. The zero-order valence-electron chi connectivity index (χ0n) is 22.4. The van der Waals surface area contributed by atoms with E-state index in [1.165, 1.54) is 4.31 Å². The average Bonchev–Trinajstić information content (AvgIpc) is 3.26. The minimum atomic E-state index is -3.73. The van der Waals surface area contributed by atoms with E-state index in [-0.39, 0.29) is 42.0 Å². The van der Waals surface area contributed by atoms with Gasteiger partial charge in [-0.1, -0.05) is 36.4 Å². The van der Waals surface area contributed by atoms with Gasteiger partial charge in [0.25, 0.3) is 5.91 Å². The summed E-state index contributed by atoms with van der Waals surface area (Å²) in [5.74, 6) is -0.131. The number of piperidine rings is 1. The van der Waals surface area contributed by atoms with Crippen molar-refractivity contribution in [2.24, 2.45) is 5.92 Å². The fourth-order valence-electron chi connectivity index (χ4n) is 6.02. The molecule has 0 unspecified atom stereocenters. The van der Waals surface area contributed by atoms with Gasteiger partial charge in [0.2, 0.25) is 10.0 Å². The van der Waals surface area contributed by atoms with E-state index in [9.17, 15) is 18.0 Å². The highest BCUT2D eigenvalue weighted by Crippen LogP contribution is 2.39. The summed E-state index contributed by atoms with van der Waals surface area (Å²) in [6.45, 7) is 1.73. The summed E-state index contributed by atoms with van der Waals surface area (Å²) in [7, 11) is -2.08. The van der Waals surface area contributed by atoms with Gasteiger partial charge in [-0.3, -0.25) is 14.6 Å². The zero-order chi connectivity index (χ0) is 27.9. The molecule has 9 heteroatoms. The van der Waals surface area contributed by atoms with Crippen molar-refractivity contribution < 1.29 is 22.7 Å². The lowest BCUT2D eigenvalue weighted by Crippen LogP contribution is -2.40. The second-order valence-electron chi connectivity index (χ2n) is 10.4. The monoisotopic (exact) mass is 557 g/mol. The standard InChI is InChI=1S/C31H31N3O5S/c1-39-19-5-16-34-26-12-11-23(24-8-3-9-25(29(24)26)31(34)36)20-27(35)21-13-17-33(18-14-21)40(37,38)28-10-2-6-22-7-4-15-32-30(22)28/h2-4,6-12,15,21H,5,13-14,16-20H2,1H3. The van der Waals surface area contributed by atoms with Gasteiger partial charge in [-0.15, -0.1) is 0 Å². The lowest BCUT2D eigenvalue weighted by atomic mass is 9.88. The normalized spacial score (nSPS) is 16.3. The van der Waals surface area contributed by atoms with Gasteiger partial charge in [-0.05, 0) is 54.5 Å². The number of aromatic nitrogens is 1. The topological polar surface area (TPSA) is 96.9 Å². The van der Waals surface area contributed by atoms with Crippen LogP contribution in [0.1, 0.15) is 35.2 Å². The van der Waals surface area contributed by atoms with Crippen molar-refractivity contribution in [2.45, 2.75) is 30.6 Å². The Balaban J connectivity index is 1.17. The number of hydrogen-bond acceptors (Lipinski definition) is 6. The van der Waals surface area contributed by atoms with Crippen molar-refractivity contribution in [3.63, 3.8) is 0 Å². The average molecular weight is 558 g/mol. The predicted octanol–water partition coefficient (Wildman–Crippen LogP) is 4.60. The number of ketones is 1. The Morgan fingerprint density at radius 2 is 1.80 bits per heavy atom. The van der Waals surface area contributed by atoms with Crippen LogP contribution in [0, 0.1) is 5.92 Å². The number of ether oxygens (including phenoxy) is 1. The third kappa shape index (κ3) is 4.58. The maximum Gasteiger partial charge on any atom is 0.258 e. The molecule has 206 valence electrons. The quantitative estimate of drug-likeness (QED) is 0.279. The number of pyridine rings is 1. The number of hydrogen-bond donors (Lipinski definition) is 0. The van der Waals surface area contributed by atoms with Crippen LogP contribution in [-0.4, -0.2) is 62.7 Å². The summed E-state index contributed by atoms with van der Waals surface area (Å²) < 4.78 is 33.6. The van der Waals surface area contributed by atoms with Crippen molar-refractivity contribution in [1.82, 2.24) is 9.29 Å². The number of Topliss-reactive ketones (excluding diaryl/α,β-unsaturated/α-hetero) is 1. The minimum Gasteiger partial charge on any atom is -0.385 e. The summed E-state index contributed by atoms with van der Waals surface area (Å²) in [5.41, 5.74) is 2.91. The summed E-state index contributed by atoms with van der Waals surface area (Å²) >= 11 is 0. The Bertz CT molecular complexity index is 1720. The number of anilines is 1. The second kappa shape index (κ2) is 10.7. The highest BCUT2D eigenvalue weighted by atomic mass is 32.2. The molecule has 0 saturated carbocycles. The summed E-state index contributed by atoms with van der Waals surface area (Å²) in [5, 5.41) is 2.60. The maximum absolute atomic E-state index is 13.5. The highest BCUT2D eigenvalue weighted by molar-refractivity contribution is 7.89. The number of benzene rings is 3. The Labute approximate surface area is 233 Å². The van der Waals surface area contributed by atoms with Crippen molar-refractivity contribution in [1.29, 1.82) is 0 Å². The first-order valence-electron chi connectivity index (χ1n) is 13.6. The number of carbonyl (C=O) groups excluding carboxylic acids is 2. The molecule has 2 aliphatic rings. The molecule has 40 heavy (non-hydrogen) atoms. The fourth-order valence-corrected chi connectivity index (χ4v) is 7.66. The molecule has 0 aliphatic carbocycles. The number of methoxy groups -OCH3 is 1. The van der Waals surface area contributed by atoms with E-state index in [0.29, 0.717) is 37.1 Å². The Hall–Kier alpha value is -3.66.